The number of aromatic nitrogens is 1. The van der Waals surface area contributed by atoms with E-state index in [1.54, 1.807) is 30.5 Å². The van der Waals surface area contributed by atoms with Crippen molar-refractivity contribution in [2.24, 2.45) is 0 Å². The third-order valence-electron chi connectivity index (χ3n) is 2.36. The summed E-state index contributed by atoms with van der Waals surface area (Å²) in [5.74, 6) is -1.50. The number of rotatable bonds is 3. The minimum atomic E-state index is -1.06. The fourth-order valence-corrected chi connectivity index (χ4v) is 2.66. The van der Waals surface area contributed by atoms with Crippen molar-refractivity contribution in [2.45, 2.75) is 6.92 Å². The number of pyridine rings is 1. The molecule has 0 radical (unpaired) electrons. The van der Waals surface area contributed by atoms with Crippen LogP contribution in [0.1, 0.15) is 25.7 Å². The minimum Gasteiger partial charge on any atom is -0.477 e. The number of hydrogen-bond acceptors (Lipinski definition) is 4. The van der Waals surface area contributed by atoms with Gasteiger partial charge in [0, 0.05) is 0 Å². The quantitative estimate of drug-likeness (QED) is 0.841. The van der Waals surface area contributed by atoms with E-state index in [1.165, 1.54) is 0 Å². The van der Waals surface area contributed by atoms with Gasteiger partial charge in [-0.05, 0) is 45.9 Å². The van der Waals surface area contributed by atoms with Crippen LogP contribution in [-0.2, 0) is 0 Å². The van der Waals surface area contributed by atoms with Crippen molar-refractivity contribution in [3.8, 4) is 0 Å². The summed E-state index contributed by atoms with van der Waals surface area (Å²) in [6.07, 6.45) is 0. The molecule has 0 saturated carbocycles. The second kappa shape index (κ2) is 5.50. The van der Waals surface area contributed by atoms with E-state index in [0.717, 1.165) is 11.3 Å². The fraction of sp³-hybridized carbons (Fsp3) is 0.0833. The molecule has 0 aliphatic rings. The smallest absolute Gasteiger partial charge is 0.348 e. The normalized spacial score (nSPS) is 10.2. The van der Waals surface area contributed by atoms with E-state index < -0.39 is 11.9 Å². The average molecular weight is 341 g/mol. The van der Waals surface area contributed by atoms with Crippen molar-refractivity contribution in [1.82, 2.24) is 4.98 Å². The number of carbonyl (C=O) groups excluding carboxylic acids is 1. The van der Waals surface area contributed by atoms with Gasteiger partial charge in [0.15, 0.2) is 0 Å². The van der Waals surface area contributed by atoms with E-state index in [-0.39, 0.29) is 10.6 Å². The van der Waals surface area contributed by atoms with Crippen molar-refractivity contribution >= 4 is 44.8 Å². The highest BCUT2D eigenvalue weighted by Crippen LogP contribution is 2.28. The molecule has 2 N–H and O–H groups in total. The predicted molar refractivity (Wildman–Crippen MR) is 75.9 cm³/mol. The van der Waals surface area contributed by atoms with Crippen LogP contribution in [0.15, 0.2) is 28.2 Å². The number of carboxylic acids is 1. The first-order valence-corrected chi connectivity index (χ1v) is 6.91. The second-order valence-electron chi connectivity index (χ2n) is 3.73. The Hall–Kier alpha value is -1.73. The summed E-state index contributed by atoms with van der Waals surface area (Å²) in [6, 6.07) is 4.95. The van der Waals surface area contributed by atoms with Crippen LogP contribution in [0.3, 0.4) is 0 Å². The zero-order valence-electron chi connectivity index (χ0n) is 9.81. The molecule has 0 aliphatic carbocycles. The summed E-state index contributed by atoms with van der Waals surface area (Å²) in [7, 11) is 0. The van der Waals surface area contributed by atoms with Crippen molar-refractivity contribution in [3.63, 3.8) is 0 Å². The van der Waals surface area contributed by atoms with Gasteiger partial charge in [0.05, 0.1) is 5.69 Å². The van der Waals surface area contributed by atoms with Crippen molar-refractivity contribution in [3.05, 3.63) is 44.3 Å². The molecule has 2 aromatic heterocycles. The Bertz CT molecular complexity index is 654. The molecule has 2 aromatic rings. The second-order valence-corrected chi connectivity index (χ2v) is 5.42. The fourth-order valence-electron chi connectivity index (χ4n) is 1.47. The lowest BCUT2D eigenvalue weighted by molar-refractivity contribution is 0.0703. The van der Waals surface area contributed by atoms with Crippen LogP contribution in [0.25, 0.3) is 0 Å². The van der Waals surface area contributed by atoms with Crippen molar-refractivity contribution < 1.29 is 14.7 Å². The molecule has 1 amide bonds. The maximum absolute atomic E-state index is 12.0. The summed E-state index contributed by atoms with van der Waals surface area (Å²) >= 11 is 4.26. The highest BCUT2D eigenvalue weighted by Gasteiger charge is 2.18. The summed E-state index contributed by atoms with van der Waals surface area (Å²) in [5, 5.41) is 13.3. The Balaban J connectivity index is 2.29. The molecule has 98 valence electrons. The number of aromatic carboxylic acids is 1. The number of hydrogen-bond donors (Lipinski definition) is 2. The third-order valence-corrected chi connectivity index (χ3v) is 3.88. The van der Waals surface area contributed by atoms with Crippen molar-refractivity contribution in [2.75, 3.05) is 5.32 Å². The van der Waals surface area contributed by atoms with Gasteiger partial charge in [0.1, 0.15) is 15.2 Å². The van der Waals surface area contributed by atoms with Crippen LogP contribution in [0.5, 0.6) is 0 Å². The molecular weight excluding hydrogens is 332 g/mol. The monoisotopic (exact) mass is 340 g/mol. The van der Waals surface area contributed by atoms with Crippen LogP contribution in [0, 0.1) is 6.92 Å². The van der Waals surface area contributed by atoms with Gasteiger partial charge in [-0.3, -0.25) is 4.79 Å². The van der Waals surface area contributed by atoms with Crippen LogP contribution in [0.2, 0.25) is 0 Å². The Morgan fingerprint density at radius 1 is 1.42 bits per heavy atom. The van der Waals surface area contributed by atoms with Gasteiger partial charge >= 0.3 is 5.97 Å². The van der Waals surface area contributed by atoms with Gasteiger partial charge in [0.2, 0.25) is 0 Å². The number of carbonyl (C=O) groups is 2. The number of amides is 1. The molecule has 0 spiro atoms. The number of nitrogens with zero attached hydrogens (tertiary/aromatic N) is 1. The molecule has 7 heteroatoms. The number of nitrogens with one attached hydrogen (secondary N) is 1. The lowest BCUT2D eigenvalue weighted by atomic mass is 10.2. The summed E-state index contributed by atoms with van der Waals surface area (Å²) in [6.45, 7) is 1.74. The zero-order chi connectivity index (χ0) is 14.0. The lowest BCUT2D eigenvalue weighted by Gasteiger charge is -2.06. The molecule has 2 heterocycles. The van der Waals surface area contributed by atoms with Gasteiger partial charge < -0.3 is 10.4 Å². The summed E-state index contributed by atoms with van der Waals surface area (Å²) in [4.78, 5) is 27.2. The number of thiophene rings is 1. The van der Waals surface area contributed by atoms with E-state index in [4.69, 9.17) is 5.11 Å². The van der Waals surface area contributed by atoms with Gasteiger partial charge in [-0.25, -0.2) is 9.78 Å². The first-order chi connectivity index (χ1) is 8.99. The van der Waals surface area contributed by atoms with Gasteiger partial charge in [-0.2, -0.15) is 0 Å². The first-order valence-electron chi connectivity index (χ1n) is 5.24. The Kier molecular flexibility index (Phi) is 3.96. The standard InChI is InChI=1S/C12H9BrN2O3S/c1-6-5-19-10(12(17)18)9(6)15-11(16)7-3-2-4-8(13)14-7/h2-5H,1H3,(H,15,16)(H,17,18). The average Bonchev–Trinajstić information content (AvgIpc) is 2.71. The molecule has 0 atom stereocenters. The Labute approximate surface area is 121 Å². The number of carboxylic acid groups (broad SMARTS) is 1. The molecule has 0 aliphatic heterocycles. The molecule has 5 nitrogen and oxygen atoms in total. The highest BCUT2D eigenvalue weighted by atomic mass is 79.9. The van der Waals surface area contributed by atoms with E-state index in [9.17, 15) is 9.59 Å². The Morgan fingerprint density at radius 2 is 2.16 bits per heavy atom. The highest BCUT2D eigenvalue weighted by molar-refractivity contribution is 9.10. The number of aryl methyl sites for hydroxylation is 1. The molecule has 0 aromatic carbocycles. The predicted octanol–water partition coefficient (Wildman–Crippen LogP) is 3.16. The molecule has 0 fully saturated rings. The van der Waals surface area contributed by atoms with Gasteiger partial charge in [-0.1, -0.05) is 6.07 Å². The third kappa shape index (κ3) is 2.99. The summed E-state index contributed by atoms with van der Waals surface area (Å²) in [5.41, 5.74) is 1.26. The first kappa shape index (κ1) is 13.7. The number of halogens is 1. The minimum absolute atomic E-state index is 0.112. The van der Waals surface area contributed by atoms with Crippen LogP contribution in [-0.4, -0.2) is 22.0 Å². The van der Waals surface area contributed by atoms with Crippen LogP contribution >= 0.6 is 27.3 Å². The van der Waals surface area contributed by atoms with E-state index in [1.807, 2.05) is 0 Å². The van der Waals surface area contributed by atoms with Crippen molar-refractivity contribution in [1.29, 1.82) is 0 Å². The van der Waals surface area contributed by atoms with E-state index in [0.29, 0.717) is 15.9 Å². The van der Waals surface area contributed by atoms with E-state index >= 15 is 0 Å². The van der Waals surface area contributed by atoms with Crippen LogP contribution < -0.4 is 5.32 Å². The SMILES string of the molecule is Cc1csc(C(=O)O)c1NC(=O)c1cccc(Br)n1. The van der Waals surface area contributed by atoms with Crippen LogP contribution in [0.4, 0.5) is 5.69 Å². The maximum Gasteiger partial charge on any atom is 0.348 e. The topological polar surface area (TPSA) is 79.3 Å². The molecule has 0 bridgehead atoms. The summed E-state index contributed by atoms with van der Waals surface area (Å²) < 4.78 is 0.542. The molecular formula is C12H9BrN2O3S. The molecule has 0 unspecified atom stereocenters. The van der Waals surface area contributed by atoms with Gasteiger partial charge in [-0.15, -0.1) is 11.3 Å². The Morgan fingerprint density at radius 3 is 2.79 bits per heavy atom. The molecule has 2 rings (SSSR count). The lowest BCUT2D eigenvalue weighted by Crippen LogP contribution is -2.15. The maximum atomic E-state index is 12.0. The molecule has 19 heavy (non-hydrogen) atoms. The number of anilines is 1. The van der Waals surface area contributed by atoms with Gasteiger partial charge in [0.25, 0.3) is 5.91 Å². The molecule has 0 saturated heterocycles. The zero-order valence-corrected chi connectivity index (χ0v) is 12.2. The largest absolute Gasteiger partial charge is 0.477 e. The van der Waals surface area contributed by atoms with E-state index in [2.05, 4.69) is 26.2 Å².